The van der Waals surface area contributed by atoms with Crippen LogP contribution in [-0.2, 0) is 4.79 Å². The molecule has 2 aliphatic heterocycles. The number of esters is 1. The third-order valence-corrected chi connectivity index (χ3v) is 9.15. The molecule has 0 bridgehead atoms. The fourth-order valence-electron chi connectivity index (χ4n) is 7.44. The maximum Gasteiger partial charge on any atom is 0.308 e. The standard InChI is InChI=1S/C37H29NO7/c1-21(39)45-24-18-15-23(16-19-24)33(40)32-31(27-12-8-14-29(43-2)34(27)44-3)37(35(41)25-10-5-6-11-26(25)36(37)42)30-20-17-22-9-4-7-13-28(22)38(30)32/h4-20,30-32H,1-3H3/t30-,31+,32-/m1/s1. The molecule has 0 unspecified atom stereocenters. The fourth-order valence-corrected chi connectivity index (χ4v) is 7.44. The normalized spacial score (nSPS) is 20.4. The third kappa shape index (κ3) is 3.98. The lowest BCUT2D eigenvalue weighted by molar-refractivity contribution is -0.131. The van der Waals surface area contributed by atoms with Gasteiger partial charge in [0.05, 0.1) is 20.3 Å². The van der Waals surface area contributed by atoms with Crippen molar-refractivity contribution >= 4 is 35.1 Å². The van der Waals surface area contributed by atoms with E-state index in [1.807, 2.05) is 41.3 Å². The average molecular weight is 600 g/mol. The molecule has 8 nitrogen and oxygen atoms in total. The Hall–Kier alpha value is -5.50. The first-order valence-electron chi connectivity index (χ1n) is 14.6. The summed E-state index contributed by atoms with van der Waals surface area (Å²) in [4.78, 5) is 58.2. The highest BCUT2D eigenvalue weighted by Gasteiger charge is 2.72. The van der Waals surface area contributed by atoms with Gasteiger partial charge in [-0.2, -0.15) is 0 Å². The number of ether oxygens (including phenoxy) is 3. The van der Waals surface area contributed by atoms with E-state index >= 15 is 0 Å². The summed E-state index contributed by atoms with van der Waals surface area (Å²) in [6, 6.07) is 24.3. The number of carbonyl (C=O) groups excluding carboxylic acids is 4. The van der Waals surface area contributed by atoms with E-state index in [4.69, 9.17) is 14.2 Å². The minimum Gasteiger partial charge on any atom is -0.493 e. The van der Waals surface area contributed by atoms with E-state index in [1.165, 1.54) is 21.1 Å². The summed E-state index contributed by atoms with van der Waals surface area (Å²) in [6.07, 6.45) is 3.79. The van der Waals surface area contributed by atoms with E-state index in [-0.39, 0.29) is 17.3 Å². The lowest BCUT2D eigenvalue weighted by Gasteiger charge is -2.37. The van der Waals surface area contributed by atoms with Gasteiger partial charge >= 0.3 is 5.97 Å². The Morgan fingerprint density at radius 2 is 1.44 bits per heavy atom. The summed E-state index contributed by atoms with van der Waals surface area (Å²) < 4.78 is 16.8. The van der Waals surface area contributed by atoms with Crippen molar-refractivity contribution in [3.63, 3.8) is 0 Å². The van der Waals surface area contributed by atoms with Crippen LogP contribution in [0.2, 0.25) is 0 Å². The van der Waals surface area contributed by atoms with Gasteiger partial charge in [-0.25, -0.2) is 0 Å². The van der Waals surface area contributed by atoms with Crippen LogP contribution in [-0.4, -0.2) is 49.6 Å². The van der Waals surface area contributed by atoms with Crippen molar-refractivity contribution < 1.29 is 33.4 Å². The van der Waals surface area contributed by atoms with Crippen LogP contribution in [0.3, 0.4) is 0 Å². The molecule has 1 saturated heterocycles. The quantitative estimate of drug-likeness (QED) is 0.116. The fraction of sp³-hybridized carbons (Fsp3) is 0.189. The summed E-state index contributed by atoms with van der Waals surface area (Å²) in [7, 11) is 3.02. The number of ketones is 3. The van der Waals surface area contributed by atoms with Gasteiger partial charge in [-0.1, -0.05) is 66.7 Å². The molecule has 7 rings (SSSR count). The van der Waals surface area contributed by atoms with Crippen LogP contribution < -0.4 is 19.1 Å². The monoisotopic (exact) mass is 599 g/mol. The zero-order chi connectivity index (χ0) is 31.5. The molecule has 0 saturated carbocycles. The van der Waals surface area contributed by atoms with Crippen molar-refractivity contribution in [1.29, 1.82) is 0 Å². The van der Waals surface area contributed by atoms with Gasteiger partial charge in [0.25, 0.3) is 0 Å². The molecular weight excluding hydrogens is 570 g/mol. The van der Waals surface area contributed by atoms with E-state index in [9.17, 15) is 19.2 Å². The molecule has 3 aliphatic rings. The SMILES string of the molecule is COc1cccc([C@H]2[C@H](C(=O)c3ccc(OC(C)=O)cc3)N3c4ccccc4C=C[C@@H]3C23C(=O)c2ccccc2C3=O)c1OC. The Labute approximate surface area is 259 Å². The van der Waals surface area contributed by atoms with Gasteiger partial charge in [0.1, 0.15) is 17.2 Å². The van der Waals surface area contributed by atoms with Crippen LogP contribution in [0.1, 0.15) is 55.0 Å². The maximum absolute atomic E-state index is 14.9. The highest BCUT2D eigenvalue weighted by Crippen LogP contribution is 2.62. The molecule has 3 atom stereocenters. The first kappa shape index (κ1) is 28.3. The largest absolute Gasteiger partial charge is 0.493 e. The second kappa shape index (κ2) is 10.6. The molecule has 0 radical (unpaired) electrons. The summed E-state index contributed by atoms with van der Waals surface area (Å²) in [5, 5.41) is 0. The molecule has 1 aliphatic carbocycles. The number of para-hydroxylation sites is 2. The van der Waals surface area contributed by atoms with Crippen LogP contribution in [0, 0.1) is 5.41 Å². The molecule has 0 amide bonds. The van der Waals surface area contributed by atoms with Crippen molar-refractivity contribution in [1.82, 2.24) is 0 Å². The number of carbonyl (C=O) groups is 4. The number of rotatable bonds is 6. The van der Waals surface area contributed by atoms with E-state index in [0.29, 0.717) is 39.5 Å². The number of benzene rings is 4. The smallest absolute Gasteiger partial charge is 0.308 e. The summed E-state index contributed by atoms with van der Waals surface area (Å²) in [5.74, 6) is -1.36. The number of nitrogens with zero attached hydrogens (tertiary/aromatic N) is 1. The molecule has 45 heavy (non-hydrogen) atoms. The molecule has 8 heteroatoms. The van der Waals surface area contributed by atoms with Gasteiger partial charge in [-0.15, -0.1) is 0 Å². The number of anilines is 1. The second-order valence-corrected chi connectivity index (χ2v) is 11.3. The summed E-state index contributed by atoms with van der Waals surface area (Å²) >= 11 is 0. The molecule has 0 N–H and O–H groups in total. The van der Waals surface area contributed by atoms with Gasteiger partial charge in [0.15, 0.2) is 28.8 Å². The van der Waals surface area contributed by atoms with Crippen molar-refractivity contribution in [3.8, 4) is 17.2 Å². The molecule has 0 aromatic heterocycles. The number of Topliss-reactive ketones (excluding diaryl/α,β-unsaturated/α-hetero) is 3. The van der Waals surface area contributed by atoms with Crippen molar-refractivity contribution in [2.75, 3.05) is 19.1 Å². The van der Waals surface area contributed by atoms with E-state index in [0.717, 1.165) is 11.3 Å². The maximum atomic E-state index is 14.9. The lowest BCUT2D eigenvalue weighted by atomic mass is 9.64. The van der Waals surface area contributed by atoms with E-state index in [1.54, 1.807) is 66.7 Å². The molecule has 1 spiro atoms. The van der Waals surface area contributed by atoms with Gasteiger partial charge in [0, 0.05) is 40.8 Å². The van der Waals surface area contributed by atoms with E-state index < -0.39 is 29.4 Å². The zero-order valence-electron chi connectivity index (χ0n) is 24.9. The van der Waals surface area contributed by atoms with Crippen LogP contribution in [0.15, 0.2) is 97.1 Å². The minimum atomic E-state index is -1.69. The predicted molar refractivity (Wildman–Crippen MR) is 167 cm³/mol. The molecular formula is C37H29NO7. The third-order valence-electron chi connectivity index (χ3n) is 9.15. The Bertz CT molecular complexity index is 1890. The average Bonchev–Trinajstić information content (AvgIpc) is 3.50. The Morgan fingerprint density at radius 3 is 2.09 bits per heavy atom. The number of fused-ring (bicyclic) bond motifs is 5. The second-order valence-electron chi connectivity index (χ2n) is 11.3. The van der Waals surface area contributed by atoms with E-state index in [2.05, 4.69) is 0 Å². The highest BCUT2D eigenvalue weighted by atomic mass is 16.5. The lowest BCUT2D eigenvalue weighted by Crippen LogP contribution is -2.48. The number of methoxy groups -OCH3 is 2. The van der Waals surface area contributed by atoms with Crippen molar-refractivity contribution in [3.05, 3.63) is 125 Å². The first-order valence-corrected chi connectivity index (χ1v) is 14.6. The first-order chi connectivity index (χ1) is 21.8. The molecule has 4 aromatic rings. The summed E-state index contributed by atoms with van der Waals surface area (Å²) in [6.45, 7) is 1.30. The molecule has 1 fully saturated rings. The number of hydrogen-bond acceptors (Lipinski definition) is 8. The van der Waals surface area contributed by atoms with Gasteiger partial charge in [0.2, 0.25) is 0 Å². The Morgan fingerprint density at radius 1 is 0.778 bits per heavy atom. The van der Waals surface area contributed by atoms with Gasteiger partial charge < -0.3 is 19.1 Å². The highest BCUT2D eigenvalue weighted by molar-refractivity contribution is 6.32. The van der Waals surface area contributed by atoms with Crippen molar-refractivity contribution in [2.24, 2.45) is 5.41 Å². The topological polar surface area (TPSA) is 99.2 Å². The molecule has 224 valence electrons. The predicted octanol–water partition coefficient (Wildman–Crippen LogP) is 5.95. The minimum absolute atomic E-state index is 0.300. The van der Waals surface area contributed by atoms with Crippen molar-refractivity contribution in [2.45, 2.75) is 24.9 Å². The van der Waals surface area contributed by atoms with Gasteiger partial charge in [-0.05, 0) is 42.0 Å². The Balaban J connectivity index is 1.53. The molecule has 4 aromatic carbocycles. The summed E-state index contributed by atoms with van der Waals surface area (Å²) in [5.41, 5.74) is 1.43. The van der Waals surface area contributed by atoms with Crippen LogP contribution in [0.25, 0.3) is 6.08 Å². The van der Waals surface area contributed by atoms with Crippen LogP contribution in [0.5, 0.6) is 17.2 Å². The van der Waals surface area contributed by atoms with Gasteiger partial charge in [-0.3, -0.25) is 19.2 Å². The zero-order valence-corrected chi connectivity index (χ0v) is 24.9. The number of hydrogen-bond donors (Lipinski definition) is 0. The molecule has 2 heterocycles. The Kier molecular flexibility index (Phi) is 6.66. The van der Waals surface area contributed by atoms with Crippen LogP contribution >= 0.6 is 0 Å². The van der Waals surface area contributed by atoms with Crippen LogP contribution in [0.4, 0.5) is 5.69 Å².